The fourth-order valence-electron chi connectivity index (χ4n) is 1.93. The third-order valence-electron chi connectivity index (χ3n) is 2.78. The van der Waals surface area contributed by atoms with Gasteiger partial charge in [0.2, 0.25) is 0 Å². The molecule has 1 atom stereocenters. The first kappa shape index (κ1) is 7.62. The van der Waals surface area contributed by atoms with Crippen molar-refractivity contribution in [1.29, 1.82) is 0 Å². The molecule has 0 aromatic heterocycles. The Bertz CT molecular complexity index is 318. The summed E-state index contributed by atoms with van der Waals surface area (Å²) >= 11 is 0. The van der Waals surface area contributed by atoms with Crippen LogP contribution in [-0.4, -0.2) is 0 Å². The molecule has 1 aliphatic rings. The number of nitrogen functional groups attached to an aromatic ring is 1. The molecular formula is C10H14N2. The minimum absolute atomic E-state index is 0.235. The van der Waals surface area contributed by atoms with Gasteiger partial charge < -0.3 is 11.5 Å². The Morgan fingerprint density at radius 1 is 1.42 bits per heavy atom. The molecule has 0 bridgehead atoms. The smallest absolute Gasteiger partial charge is 0.0346 e. The number of rotatable bonds is 0. The van der Waals surface area contributed by atoms with Gasteiger partial charge in [0.25, 0.3) is 0 Å². The lowest BCUT2D eigenvalue weighted by molar-refractivity contribution is 0.713. The van der Waals surface area contributed by atoms with E-state index >= 15 is 0 Å². The minimum atomic E-state index is 0.235. The van der Waals surface area contributed by atoms with Gasteiger partial charge in [-0.15, -0.1) is 0 Å². The maximum atomic E-state index is 5.92. The van der Waals surface area contributed by atoms with Gasteiger partial charge >= 0.3 is 0 Å². The molecule has 12 heavy (non-hydrogen) atoms. The van der Waals surface area contributed by atoms with Crippen LogP contribution < -0.4 is 11.5 Å². The number of nitrogens with two attached hydrogens (primary N) is 2. The van der Waals surface area contributed by atoms with Crippen molar-refractivity contribution in [3.8, 4) is 0 Å². The highest BCUT2D eigenvalue weighted by Crippen LogP contribution is 2.33. The lowest BCUT2D eigenvalue weighted by Gasteiger charge is -2.08. The summed E-state index contributed by atoms with van der Waals surface area (Å²) in [5, 5.41) is 0. The zero-order valence-corrected chi connectivity index (χ0v) is 7.30. The standard InChI is InChI=1S/C10H14N2/c1-6-7-2-5-10(12)8(7)3-4-9(6)11/h3-4,10H,2,5,11-12H2,1H3/t10-/m1/s1. The van der Waals surface area contributed by atoms with E-state index in [1.54, 1.807) is 0 Å². The summed E-state index contributed by atoms with van der Waals surface area (Å²) in [6, 6.07) is 4.26. The Balaban J connectivity index is 2.60. The largest absolute Gasteiger partial charge is 0.399 e. The third-order valence-corrected chi connectivity index (χ3v) is 2.78. The molecule has 1 aliphatic carbocycles. The lowest BCUT2D eigenvalue weighted by Crippen LogP contribution is -2.05. The minimum Gasteiger partial charge on any atom is -0.399 e. The zero-order valence-electron chi connectivity index (χ0n) is 7.30. The van der Waals surface area contributed by atoms with Crippen molar-refractivity contribution in [3.63, 3.8) is 0 Å². The predicted octanol–water partition coefficient (Wildman–Crippen LogP) is 1.52. The topological polar surface area (TPSA) is 52.0 Å². The van der Waals surface area contributed by atoms with E-state index in [2.05, 4.69) is 13.0 Å². The number of benzene rings is 1. The lowest BCUT2D eigenvalue weighted by atomic mass is 10.0. The highest BCUT2D eigenvalue weighted by molar-refractivity contribution is 5.55. The molecule has 0 saturated heterocycles. The van der Waals surface area contributed by atoms with E-state index < -0.39 is 0 Å². The summed E-state index contributed by atoms with van der Waals surface area (Å²) in [4.78, 5) is 0. The summed E-state index contributed by atoms with van der Waals surface area (Å²) in [6.45, 7) is 2.08. The van der Waals surface area contributed by atoms with Gasteiger partial charge in [-0.3, -0.25) is 0 Å². The molecular weight excluding hydrogens is 148 g/mol. The Hall–Kier alpha value is -1.02. The van der Waals surface area contributed by atoms with Crippen molar-refractivity contribution in [2.24, 2.45) is 5.73 Å². The predicted molar refractivity (Wildman–Crippen MR) is 50.8 cm³/mol. The van der Waals surface area contributed by atoms with Crippen LogP contribution in [0.3, 0.4) is 0 Å². The summed E-state index contributed by atoms with van der Waals surface area (Å²) < 4.78 is 0. The average Bonchev–Trinajstić information content (AvgIpc) is 2.41. The van der Waals surface area contributed by atoms with Crippen molar-refractivity contribution in [3.05, 3.63) is 28.8 Å². The molecule has 0 saturated carbocycles. The van der Waals surface area contributed by atoms with Gasteiger partial charge in [-0.25, -0.2) is 0 Å². The van der Waals surface area contributed by atoms with Crippen LogP contribution in [-0.2, 0) is 6.42 Å². The van der Waals surface area contributed by atoms with Crippen LogP contribution in [0.4, 0.5) is 5.69 Å². The van der Waals surface area contributed by atoms with Crippen LogP contribution in [0.2, 0.25) is 0 Å². The van der Waals surface area contributed by atoms with E-state index in [4.69, 9.17) is 11.5 Å². The Morgan fingerprint density at radius 2 is 2.17 bits per heavy atom. The molecule has 2 nitrogen and oxygen atoms in total. The van der Waals surface area contributed by atoms with Crippen LogP contribution >= 0.6 is 0 Å². The van der Waals surface area contributed by atoms with Crippen molar-refractivity contribution in [1.82, 2.24) is 0 Å². The zero-order chi connectivity index (χ0) is 8.72. The molecule has 0 spiro atoms. The van der Waals surface area contributed by atoms with Crippen LogP contribution in [0, 0.1) is 6.92 Å². The first-order chi connectivity index (χ1) is 5.70. The van der Waals surface area contributed by atoms with Gasteiger partial charge in [0.15, 0.2) is 0 Å². The normalized spacial score (nSPS) is 21.0. The van der Waals surface area contributed by atoms with Gasteiger partial charge in [-0.05, 0) is 42.5 Å². The highest BCUT2D eigenvalue weighted by atomic mass is 14.7. The first-order valence-electron chi connectivity index (χ1n) is 4.33. The van der Waals surface area contributed by atoms with Crippen molar-refractivity contribution in [2.45, 2.75) is 25.8 Å². The van der Waals surface area contributed by atoms with Crippen molar-refractivity contribution < 1.29 is 0 Å². The van der Waals surface area contributed by atoms with Crippen molar-refractivity contribution >= 4 is 5.69 Å². The monoisotopic (exact) mass is 162 g/mol. The highest BCUT2D eigenvalue weighted by Gasteiger charge is 2.20. The molecule has 0 amide bonds. The quantitative estimate of drug-likeness (QED) is 0.568. The van der Waals surface area contributed by atoms with E-state index in [0.29, 0.717) is 0 Å². The number of fused-ring (bicyclic) bond motifs is 1. The van der Waals surface area contributed by atoms with E-state index in [1.165, 1.54) is 16.7 Å². The van der Waals surface area contributed by atoms with Crippen LogP contribution in [0.5, 0.6) is 0 Å². The van der Waals surface area contributed by atoms with Gasteiger partial charge in [0, 0.05) is 11.7 Å². The van der Waals surface area contributed by atoms with Gasteiger partial charge in [0.05, 0.1) is 0 Å². The molecule has 0 unspecified atom stereocenters. The maximum absolute atomic E-state index is 5.92. The second kappa shape index (κ2) is 2.49. The van der Waals surface area contributed by atoms with Crippen LogP contribution in [0.15, 0.2) is 12.1 Å². The fraction of sp³-hybridized carbons (Fsp3) is 0.400. The van der Waals surface area contributed by atoms with Crippen molar-refractivity contribution in [2.75, 3.05) is 5.73 Å². The Labute approximate surface area is 72.6 Å². The SMILES string of the molecule is Cc1c(N)ccc2c1CC[C@H]2N. The molecule has 1 aromatic carbocycles. The summed E-state index contributed by atoms with van der Waals surface area (Å²) in [5.41, 5.74) is 16.5. The first-order valence-corrected chi connectivity index (χ1v) is 4.33. The van der Waals surface area contributed by atoms with E-state index in [9.17, 15) is 0 Å². The molecule has 2 heteroatoms. The second-order valence-electron chi connectivity index (χ2n) is 3.49. The molecule has 0 heterocycles. The van der Waals surface area contributed by atoms with E-state index in [-0.39, 0.29) is 6.04 Å². The molecule has 0 radical (unpaired) electrons. The molecule has 64 valence electrons. The summed E-state index contributed by atoms with van der Waals surface area (Å²) in [7, 11) is 0. The molecule has 0 aliphatic heterocycles. The second-order valence-corrected chi connectivity index (χ2v) is 3.49. The van der Waals surface area contributed by atoms with Gasteiger partial charge in [-0.2, -0.15) is 0 Å². The average molecular weight is 162 g/mol. The Kier molecular flexibility index (Phi) is 1.58. The molecule has 4 N–H and O–H groups in total. The molecule has 2 rings (SSSR count). The van der Waals surface area contributed by atoms with E-state index in [0.717, 1.165) is 18.5 Å². The van der Waals surface area contributed by atoms with Gasteiger partial charge in [0.1, 0.15) is 0 Å². The van der Waals surface area contributed by atoms with Gasteiger partial charge in [-0.1, -0.05) is 6.07 Å². The summed E-state index contributed by atoms with van der Waals surface area (Å²) in [6.07, 6.45) is 2.16. The molecule has 1 aromatic rings. The van der Waals surface area contributed by atoms with Crippen LogP contribution in [0.25, 0.3) is 0 Å². The fourth-order valence-corrected chi connectivity index (χ4v) is 1.93. The molecule has 0 fully saturated rings. The Morgan fingerprint density at radius 3 is 2.92 bits per heavy atom. The number of hydrogen-bond acceptors (Lipinski definition) is 2. The maximum Gasteiger partial charge on any atom is 0.0346 e. The summed E-state index contributed by atoms with van der Waals surface area (Å²) in [5.74, 6) is 0. The third kappa shape index (κ3) is 0.916. The van der Waals surface area contributed by atoms with E-state index in [1.807, 2.05) is 6.07 Å². The van der Waals surface area contributed by atoms with Crippen LogP contribution in [0.1, 0.15) is 29.2 Å². The number of anilines is 1. The number of hydrogen-bond donors (Lipinski definition) is 2.